The molecule has 1 rings (SSSR count). The molecule has 0 aliphatic carbocycles. The van der Waals surface area contributed by atoms with Gasteiger partial charge in [0.05, 0.1) is 5.69 Å². The summed E-state index contributed by atoms with van der Waals surface area (Å²) < 4.78 is 0. The number of amidine groups is 1. The van der Waals surface area contributed by atoms with Gasteiger partial charge in [-0.1, -0.05) is 18.3 Å². The second-order valence-corrected chi connectivity index (χ2v) is 5.64. The third-order valence-electron chi connectivity index (χ3n) is 2.37. The van der Waals surface area contributed by atoms with Gasteiger partial charge in [0.2, 0.25) is 5.17 Å². The summed E-state index contributed by atoms with van der Waals surface area (Å²) in [5.74, 6) is 0. The van der Waals surface area contributed by atoms with Crippen molar-refractivity contribution in [3.05, 3.63) is 35.2 Å². The number of hydrogen-bond acceptors (Lipinski definition) is 4. The van der Waals surface area contributed by atoms with Crippen LogP contribution in [0.5, 0.6) is 0 Å². The van der Waals surface area contributed by atoms with E-state index in [1.54, 1.807) is 7.05 Å². The minimum atomic E-state index is 0.613. The number of benzene rings is 1. The fraction of sp³-hybridized carbons (Fsp3) is 0.357. The lowest BCUT2D eigenvalue weighted by atomic mass is 10.1. The number of hydrogen-bond donors (Lipinski definition) is 0. The fourth-order valence-corrected chi connectivity index (χ4v) is 2.06. The maximum Gasteiger partial charge on any atom is 0.208 e. The topological polar surface area (TPSA) is 40.3 Å². The molecule has 0 amide bonds. The minimum Gasteiger partial charge on any atom is -0.377 e. The van der Waals surface area contributed by atoms with Gasteiger partial charge in [-0.3, -0.25) is 4.99 Å². The van der Waals surface area contributed by atoms with Crippen molar-refractivity contribution in [3.63, 3.8) is 0 Å². The van der Waals surface area contributed by atoms with Gasteiger partial charge in [0.15, 0.2) is 0 Å². The molecule has 0 heterocycles. The predicted octanol–water partition coefficient (Wildman–Crippen LogP) is 4.40. The number of allylic oxidation sites excluding steroid dienone is 1. The summed E-state index contributed by atoms with van der Waals surface area (Å²) >= 11 is 1.42. The Balaban J connectivity index is 2.88. The van der Waals surface area contributed by atoms with Crippen LogP contribution in [0.15, 0.2) is 44.9 Å². The SMILES string of the molecule is C=C(C)SC(N=Nc1ccc(N(C)C)c(C)c1)=NC. The molecule has 0 aromatic heterocycles. The van der Waals surface area contributed by atoms with Gasteiger partial charge in [-0.15, -0.1) is 10.2 Å². The molecule has 1 aromatic carbocycles. The van der Waals surface area contributed by atoms with Crippen molar-refractivity contribution < 1.29 is 0 Å². The van der Waals surface area contributed by atoms with Crippen molar-refractivity contribution >= 4 is 28.3 Å². The smallest absolute Gasteiger partial charge is 0.208 e. The lowest BCUT2D eigenvalue weighted by Crippen LogP contribution is -2.09. The van der Waals surface area contributed by atoms with Gasteiger partial charge in [-0.2, -0.15) is 0 Å². The van der Waals surface area contributed by atoms with Crippen LogP contribution in [0.2, 0.25) is 0 Å². The van der Waals surface area contributed by atoms with Crippen LogP contribution in [0.3, 0.4) is 0 Å². The Morgan fingerprint density at radius 3 is 2.47 bits per heavy atom. The van der Waals surface area contributed by atoms with E-state index in [2.05, 4.69) is 33.6 Å². The predicted molar refractivity (Wildman–Crippen MR) is 85.8 cm³/mol. The maximum atomic E-state index is 4.21. The molecular weight excluding hydrogens is 256 g/mol. The standard InChI is InChI=1S/C14H20N4S/c1-10(2)19-14(15-4)17-16-12-7-8-13(18(5)6)11(3)9-12/h7-9H,1H2,2-6H3. The Labute approximate surface area is 119 Å². The number of aryl methyl sites for hydroxylation is 1. The Morgan fingerprint density at radius 2 is 2.00 bits per heavy atom. The summed E-state index contributed by atoms with van der Waals surface area (Å²) in [5, 5.41) is 8.95. The van der Waals surface area contributed by atoms with E-state index < -0.39 is 0 Å². The molecule has 5 heteroatoms. The number of rotatable bonds is 3. The Hall–Kier alpha value is -1.62. The van der Waals surface area contributed by atoms with E-state index in [0.717, 1.165) is 10.6 Å². The molecule has 0 saturated carbocycles. The Kier molecular flexibility index (Phi) is 5.76. The lowest BCUT2D eigenvalue weighted by Gasteiger charge is -2.15. The first-order valence-corrected chi connectivity index (χ1v) is 6.75. The summed E-state index contributed by atoms with van der Waals surface area (Å²) in [6.07, 6.45) is 0. The molecule has 0 unspecified atom stereocenters. The fourth-order valence-electron chi connectivity index (χ4n) is 1.57. The van der Waals surface area contributed by atoms with Gasteiger partial charge >= 0.3 is 0 Å². The third-order valence-corrected chi connectivity index (χ3v) is 3.17. The zero-order chi connectivity index (χ0) is 14.4. The molecule has 0 aliphatic rings. The maximum absolute atomic E-state index is 4.21. The number of aliphatic imine (C=N–C) groups is 1. The van der Waals surface area contributed by atoms with E-state index in [4.69, 9.17) is 0 Å². The average Bonchev–Trinajstić information content (AvgIpc) is 2.33. The van der Waals surface area contributed by atoms with Crippen LogP contribution in [-0.4, -0.2) is 26.3 Å². The van der Waals surface area contributed by atoms with Crippen molar-refractivity contribution in [1.29, 1.82) is 0 Å². The van der Waals surface area contributed by atoms with E-state index in [1.807, 2.05) is 39.2 Å². The molecule has 102 valence electrons. The highest BCUT2D eigenvalue weighted by molar-refractivity contribution is 8.17. The van der Waals surface area contributed by atoms with Gasteiger partial charge in [0, 0.05) is 26.8 Å². The van der Waals surface area contributed by atoms with E-state index in [1.165, 1.54) is 23.0 Å². The van der Waals surface area contributed by atoms with E-state index >= 15 is 0 Å². The van der Waals surface area contributed by atoms with Crippen LogP contribution < -0.4 is 4.90 Å². The summed E-state index contributed by atoms with van der Waals surface area (Å²) in [5.41, 5.74) is 3.18. The first kappa shape index (κ1) is 15.4. The number of thioether (sulfide) groups is 1. The van der Waals surface area contributed by atoms with Crippen molar-refractivity contribution in [3.8, 4) is 0 Å². The largest absolute Gasteiger partial charge is 0.377 e. The van der Waals surface area contributed by atoms with E-state index in [9.17, 15) is 0 Å². The van der Waals surface area contributed by atoms with Crippen LogP contribution in [0.4, 0.5) is 11.4 Å². The van der Waals surface area contributed by atoms with Crippen LogP contribution in [0.25, 0.3) is 0 Å². The van der Waals surface area contributed by atoms with Crippen molar-refractivity contribution in [2.24, 2.45) is 15.2 Å². The van der Waals surface area contributed by atoms with Crippen molar-refractivity contribution in [2.45, 2.75) is 13.8 Å². The molecule has 19 heavy (non-hydrogen) atoms. The summed E-state index contributed by atoms with van der Waals surface area (Å²) in [4.78, 5) is 7.08. The summed E-state index contributed by atoms with van der Waals surface area (Å²) in [6.45, 7) is 7.80. The highest BCUT2D eigenvalue weighted by Crippen LogP contribution is 2.24. The normalized spacial score (nSPS) is 11.9. The Bertz CT molecular complexity index is 518. The lowest BCUT2D eigenvalue weighted by molar-refractivity contribution is 1.11. The molecule has 0 fully saturated rings. The number of azo groups is 1. The van der Waals surface area contributed by atoms with Crippen molar-refractivity contribution in [2.75, 3.05) is 26.0 Å². The molecule has 0 N–H and O–H groups in total. The van der Waals surface area contributed by atoms with Gasteiger partial charge in [-0.25, -0.2) is 0 Å². The molecule has 0 aliphatic heterocycles. The third kappa shape index (κ3) is 4.87. The van der Waals surface area contributed by atoms with Crippen LogP contribution >= 0.6 is 11.8 Å². The average molecular weight is 276 g/mol. The zero-order valence-electron chi connectivity index (χ0n) is 12.1. The van der Waals surface area contributed by atoms with Crippen LogP contribution in [0.1, 0.15) is 12.5 Å². The zero-order valence-corrected chi connectivity index (χ0v) is 13.0. The quantitative estimate of drug-likeness (QED) is 0.466. The van der Waals surface area contributed by atoms with E-state index in [0.29, 0.717) is 5.17 Å². The van der Waals surface area contributed by atoms with Crippen LogP contribution in [-0.2, 0) is 0 Å². The second-order valence-electron chi connectivity index (χ2n) is 4.38. The first-order valence-electron chi connectivity index (χ1n) is 5.94. The molecule has 0 atom stereocenters. The van der Waals surface area contributed by atoms with Crippen LogP contribution in [0, 0.1) is 6.92 Å². The van der Waals surface area contributed by atoms with Gasteiger partial charge in [-0.05, 0) is 42.5 Å². The first-order chi connectivity index (χ1) is 8.93. The Morgan fingerprint density at radius 1 is 1.32 bits per heavy atom. The summed E-state index contributed by atoms with van der Waals surface area (Å²) in [7, 11) is 5.74. The van der Waals surface area contributed by atoms with E-state index in [-0.39, 0.29) is 0 Å². The number of nitrogens with zero attached hydrogens (tertiary/aromatic N) is 4. The molecule has 0 bridgehead atoms. The highest BCUT2D eigenvalue weighted by atomic mass is 32.2. The van der Waals surface area contributed by atoms with Crippen molar-refractivity contribution in [1.82, 2.24) is 0 Å². The molecule has 0 saturated heterocycles. The van der Waals surface area contributed by atoms with Gasteiger partial charge in [0.1, 0.15) is 0 Å². The molecule has 4 nitrogen and oxygen atoms in total. The highest BCUT2D eigenvalue weighted by Gasteiger charge is 2.02. The molecule has 0 spiro atoms. The monoisotopic (exact) mass is 276 g/mol. The molecular formula is C14H20N4S. The van der Waals surface area contributed by atoms with Gasteiger partial charge in [0.25, 0.3) is 0 Å². The summed E-state index contributed by atoms with van der Waals surface area (Å²) in [6, 6.07) is 6.00. The van der Waals surface area contributed by atoms with Gasteiger partial charge < -0.3 is 4.90 Å². The minimum absolute atomic E-state index is 0.613. The molecule has 1 aromatic rings. The second kappa shape index (κ2) is 7.09. The molecule has 0 radical (unpaired) electrons. The number of anilines is 1.